The molecular weight excluding hydrogens is 484 g/mol. The molecule has 38 heavy (non-hydrogen) atoms. The van der Waals surface area contributed by atoms with Gasteiger partial charge in [0.1, 0.15) is 24.5 Å². The van der Waals surface area contributed by atoms with Crippen molar-refractivity contribution in [2.24, 2.45) is 11.7 Å². The number of nitrogens with one attached hydrogen (secondary N) is 5. The lowest BCUT2D eigenvalue weighted by atomic mass is 9.76. The molecule has 1 aromatic carbocycles. The third kappa shape index (κ3) is 4.71. The number of hydrogen-bond donors (Lipinski definition) is 8. The number of hydrogen-bond acceptors (Lipinski definition) is 11. The van der Waals surface area contributed by atoms with Crippen LogP contribution >= 0.6 is 0 Å². The number of aliphatic hydroxyl groups excluding tert-OH is 2. The molecule has 11 nitrogen and oxygen atoms in total. The van der Waals surface area contributed by atoms with Gasteiger partial charge in [-0.3, -0.25) is 16.0 Å². The van der Waals surface area contributed by atoms with Crippen LogP contribution in [0.15, 0.2) is 18.2 Å². The fourth-order valence-electron chi connectivity index (χ4n) is 7.17. The maximum atomic E-state index is 10.8. The number of nitrogens with zero attached hydrogens (tertiary/aromatic N) is 2. The molecule has 6 aliphatic rings. The van der Waals surface area contributed by atoms with E-state index in [2.05, 4.69) is 61.6 Å². The SMILES string of the molecule is CN(C[C@H]1O[C@@H](N2CNC3C(N)NCNC32)[C@H](O)[C@@H]1O)[C@H]1C[C@@H](CCC2Nc3ccc(C4CC4)cc3N2)C1. The standard InChI is InChI=1S/C27H44N8O3/c1-34(11-20-23(36)24(37)27(38-20)35-13-31-22-25(28)29-12-30-26(22)35)17-8-14(9-17)2-7-21-32-18-6-5-16(15-3-4-15)10-19(18)33-21/h5-6,10,14-15,17,20-27,29-33,36-37H,2-4,7-9,11-13,28H2,1H3/t14-,17+,20-,21?,22?,23-,24-,25?,26?,27-/m1/s1. The molecule has 9 N–H and O–H groups in total. The van der Waals surface area contributed by atoms with Crippen LogP contribution in [0.25, 0.3) is 0 Å². The molecular formula is C27H44N8O3. The van der Waals surface area contributed by atoms with E-state index in [9.17, 15) is 10.2 Å². The van der Waals surface area contributed by atoms with Gasteiger partial charge in [-0.25, -0.2) is 4.90 Å². The monoisotopic (exact) mass is 528 g/mol. The summed E-state index contributed by atoms with van der Waals surface area (Å²) < 4.78 is 6.27. The minimum atomic E-state index is -0.952. The van der Waals surface area contributed by atoms with Crippen molar-refractivity contribution in [1.82, 2.24) is 25.8 Å². The van der Waals surface area contributed by atoms with Gasteiger partial charge in [0.15, 0.2) is 0 Å². The van der Waals surface area contributed by atoms with Crippen molar-refractivity contribution in [2.75, 3.05) is 37.6 Å². The van der Waals surface area contributed by atoms with Gasteiger partial charge in [-0.2, -0.15) is 0 Å². The van der Waals surface area contributed by atoms with Gasteiger partial charge in [0.25, 0.3) is 0 Å². The first-order valence-electron chi connectivity index (χ1n) is 14.5. The Bertz CT molecular complexity index is 1010. The Morgan fingerprint density at radius 3 is 2.68 bits per heavy atom. The van der Waals surface area contributed by atoms with E-state index in [1.807, 2.05) is 0 Å². The molecule has 4 unspecified atom stereocenters. The largest absolute Gasteiger partial charge is 0.387 e. The molecule has 4 heterocycles. The van der Waals surface area contributed by atoms with Gasteiger partial charge in [-0.15, -0.1) is 0 Å². The summed E-state index contributed by atoms with van der Waals surface area (Å²) in [6.45, 7) is 1.76. The van der Waals surface area contributed by atoms with Crippen LogP contribution in [0.4, 0.5) is 11.4 Å². The summed E-state index contributed by atoms with van der Waals surface area (Å²) in [7, 11) is 2.12. The van der Waals surface area contributed by atoms with Gasteiger partial charge in [-0.05, 0) is 75.1 Å². The summed E-state index contributed by atoms with van der Waals surface area (Å²) in [4.78, 5) is 4.36. The molecule has 0 bridgehead atoms. The molecule has 3 saturated heterocycles. The molecule has 8 atom stereocenters. The lowest BCUT2D eigenvalue weighted by Gasteiger charge is -2.42. The molecule has 5 fully saturated rings. The fourth-order valence-corrected chi connectivity index (χ4v) is 7.17. The van der Waals surface area contributed by atoms with Gasteiger partial charge >= 0.3 is 0 Å². The second-order valence-corrected chi connectivity index (χ2v) is 12.4. The highest BCUT2D eigenvalue weighted by atomic mass is 16.6. The summed E-state index contributed by atoms with van der Waals surface area (Å²) in [5.41, 5.74) is 10.2. The summed E-state index contributed by atoms with van der Waals surface area (Å²) in [6.07, 6.45) is 4.61. The highest BCUT2D eigenvalue weighted by molar-refractivity contribution is 5.75. The molecule has 7 rings (SSSR count). The fraction of sp³-hybridized carbons (Fsp3) is 0.778. The van der Waals surface area contributed by atoms with Gasteiger partial charge in [0.2, 0.25) is 0 Å². The Balaban J connectivity index is 0.856. The number of rotatable bonds is 8. The molecule has 0 amide bonds. The van der Waals surface area contributed by atoms with Crippen molar-refractivity contribution < 1.29 is 14.9 Å². The number of likely N-dealkylation sites (N-methyl/N-ethyl adjacent to an activating group) is 1. The van der Waals surface area contributed by atoms with Gasteiger partial charge < -0.3 is 36.2 Å². The van der Waals surface area contributed by atoms with E-state index in [0.29, 0.717) is 32.1 Å². The smallest absolute Gasteiger partial charge is 0.142 e. The molecule has 0 radical (unpaired) electrons. The number of nitrogens with two attached hydrogens (primary N) is 1. The first-order valence-corrected chi connectivity index (χ1v) is 14.5. The van der Waals surface area contributed by atoms with Gasteiger partial charge in [0.05, 0.1) is 42.6 Å². The Labute approximate surface area is 224 Å². The molecule has 4 aliphatic heterocycles. The van der Waals surface area contributed by atoms with Crippen LogP contribution in [0.5, 0.6) is 0 Å². The zero-order valence-corrected chi connectivity index (χ0v) is 22.2. The summed E-state index contributed by atoms with van der Waals surface area (Å²) in [5.74, 6) is 1.51. The van der Waals surface area contributed by atoms with E-state index in [1.165, 1.54) is 49.0 Å². The van der Waals surface area contributed by atoms with E-state index < -0.39 is 24.5 Å². The Kier molecular flexibility index (Phi) is 6.78. The highest BCUT2D eigenvalue weighted by Gasteiger charge is 2.52. The van der Waals surface area contributed by atoms with E-state index >= 15 is 0 Å². The lowest BCUT2D eigenvalue weighted by molar-refractivity contribution is -0.108. The van der Waals surface area contributed by atoms with Crippen LogP contribution in [0.1, 0.15) is 50.0 Å². The minimum Gasteiger partial charge on any atom is -0.387 e. The van der Waals surface area contributed by atoms with Crippen LogP contribution in [0.3, 0.4) is 0 Å². The van der Waals surface area contributed by atoms with Crippen LogP contribution in [-0.2, 0) is 4.74 Å². The van der Waals surface area contributed by atoms with E-state index in [0.717, 1.165) is 18.3 Å². The average molecular weight is 529 g/mol. The molecule has 11 heteroatoms. The van der Waals surface area contributed by atoms with Crippen molar-refractivity contribution in [3.8, 4) is 0 Å². The molecule has 1 aromatic rings. The van der Waals surface area contributed by atoms with Gasteiger partial charge in [-0.1, -0.05) is 6.07 Å². The van der Waals surface area contributed by atoms with Crippen molar-refractivity contribution >= 4 is 11.4 Å². The third-order valence-electron chi connectivity index (χ3n) is 9.82. The maximum absolute atomic E-state index is 10.8. The Hall–Kier alpha value is -1.54. The van der Waals surface area contributed by atoms with Crippen molar-refractivity contribution in [3.05, 3.63) is 23.8 Å². The summed E-state index contributed by atoms with van der Waals surface area (Å²) in [5, 5.41) is 39.0. The normalized spacial score (nSPS) is 42.4. The van der Waals surface area contributed by atoms with Crippen LogP contribution in [0.2, 0.25) is 0 Å². The molecule has 2 saturated carbocycles. The number of anilines is 2. The van der Waals surface area contributed by atoms with Crippen molar-refractivity contribution in [1.29, 1.82) is 0 Å². The predicted octanol–water partition coefficient (Wildman–Crippen LogP) is -0.343. The summed E-state index contributed by atoms with van der Waals surface area (Å²) >= 11 is 0. The van der Waals surface area contributed by atoms with Crippen LogP contribution < -0.4 is 32.3 Å². The molecule has 0 spiro atoms. The molecule has 2 aliphatic carbocycles. The highest BCUT2D eigenvalue weighted by Crippen LogP contribution is 2.43. The first-order chi connectivity index (χ1) is 18.4. The number of fused-ring (bicyclic) bond motifs is 2. The lowest BCUT2D eigenvalue weighted by Crippen LogP contribution is -2.68. The molecule has 210 valence electrons. The summed E-state index contributed by atoms with van der Waals surface area (Å²) in [6, 6.07) is 7.38. The number of aliphatic hydroxyl groups is 2. The van der Waals surface area contributed by atoms with E-state index in [-0.39, 0.29) is 18.4 Å². The van der Waals surface area contributed by atoms with E-state index in [4.69, 9.17) is 10.5 Å². The topological polar surface area (TPSA) is 142 Å². The number of ether oxygens (including phenoxy) is 1. The minimum absolute atomic E-state index is 0.0225. The van der Waals surface area contributed by atoms with Crippen LogP contribution in [0, 0.1) is 5.92 Å². The van der Waals surface area contributed by atoms with Crippen LogP contribution in [-0.4, -0.2) is 102 Å². The zero-order chi connectivity index (χ0) is 26.0. The predicted molar refractivity (Wildman–Crippen MR) is 145 cm³/mol. The zero-order valence-electron chi connectivity index (χ0n) is 22.2. The third-order valence-corrected chi connectivity index (χ3v) is 9.82. The second kappa shape index (κ2) is 10.1. The average Bonchev–Trinajstić information content (AvgIpc) is 3.42. The van der Waals surface area contributed by atoms with E-state index in [1.54, 1.807) is 0 Å². The van der Waals surface area contributed by atoms with Gasteiger partial charge in [0, 0.05) is 19.3 Å². The second-order valence-electron chi connectivity index (χ2n) is 12.4. The first kappa shape index (κ1) is 25.4. The maximum Gasteiger partial charge on any atom is 0.142 e. The Morgan fingerprint density at radius 2 is 1.87 bits per heavy atom. The Morgan fingerprint density at radius 1 is 1.05 bits per heavy atom. The quantitative estimate of drug-likeness (QED) is 0.225. The molecule has 0 aromatic heterocycles. The van der Waals surface area contributed by atoms with Crippen molar-refractivity contribution in [2.45, 2.75) is 99.6 Å². The number of benzene rings is 1. The van der Waals surface area contributed by atoms with Crippen molar-refractivity contribution in [3.63, 3.8) is 0 Å².